The van der Waals surface area contributed by atoms with Gasteiger partial charge in [0.1, 0.15) is 0 Å². The highest BCUT2D eigenvalue weighted by Gasteiger charge is 2.51. The zero-order valence-electron chi connectivity index (χ0n) is 94.7. The Bertz CT molecular complexity index is 3680. The topological polar surface area (TPSA) is 9.23 Å². The van der Waals surface area contributed by atoms with E-state index in [0.717, 1.165) is 77.0 Å². The minimum atomic E-state index is -3.31. The number of hydrogen-bond acceptors (Lipinski definition) is 1. The standard InChI is InChI=1S/C120H214OSi2/c1-97(2,3)69-109(37,38)81-61-89(117(53,54)77-105(25,26)27)93(65-85(81)113(45,46)73-101(13,14)15)122(94-66-86(114(47,48)74-102(16,17)18)82(110(39,40)70-98(4,5)6)62-90(94)118(55,56)78-106(28,29)30)121-123(95-67-87(115(49,50)75-103(19,20)21)83(111(41,42)71-99(7,8)9)63-91(95)119(57,58)79-107(31,32)33)96-68-88(116(51,52)76-104(22,23)24)84(112(43,44)72-100(10,11)12)64-92(96)120(59,60)80-108(34,35)36/h61-68,122-123H,69-80H2,1-60H3. The van der Waals surface area contributed by atoms with E-state index in [-0.39, 0.29) is 130 Å². The molecule has 0 saturated heterocycles. The highest BCUT2D eigenvalue weighted by molar-refractivity contribution is 6.92. The van der Waals surface area contributed by atoms with Gasteiger partial charge in [-0.3, -0.25) is 0 Å². The van der Waals surface area contributed by atoms with Gasteiger partial charge in [-0.2, -0.15) is 0 Å². The molecule has 0 aliphatic rings. The average Bonchev–Trinajstić information content (AvgIpc) is 0.718. The zero-order valence-corrected chi connectivity index (χ0v) is 97.0. The lowest BCUT2D eigenvalue weighted by Crippen LogP contribution is -2.61. The van der Waals surface area contributed by atoms with E-state index in [4.69, 9.17) is 0 Å². The molecule has 1 nitrogen and oxygen atoms in total. The third kappa shape index (κ3) is 32.3. The van der Waals surface area contributed by atoms with Crippen LogP contribution in [0.4, 0.5) is 0 Å². The largest absolute Gasteiger partial charge is 0.446 e. The van der Waals surface area contributed by atoms with Gasteiger partial charge >= 0.3 is 0 Å². The van der Waals surface area contributed by atoms with Crippen molar-refractivity contribution in [3.63, 3.8) is 0 Å². The van der Waals surface area contributed by atoms with Crippen molar-refractivity contribution in [1.29, 1.82) is 0 Å². The van der Waals surface area contributed by atoms with Crippen LogP contribution in [0.5, 0.6) is 0 Å². The van der Waals surface area contributed by atoms with Crippen LogP contribution in [0.15, 0.2) is 48.5 Å². The zero-order chi connectivity index (χ0) is 97.2. The second kappa shape index (κ2) is 35.7. The first-order valence-corrected chi connectivity index (χ1v) is 53.0. The summed E-state index contributed by atoms with van der Waals surface area (Å²) in [5.41, 5.74) is 15.7. The van der Waals surface area contributed by atoms with Crippen LogP contribution in [0.25, 0.3) is 0 Å². The lowest BCUT2D eigenvalue weighted by Gasteiger charge is -2.46. The molecule has 4 aromatic rings. The van der Waals surface area contributed by atoms with Crippen LogP contribution in [-0.2, 0) is 69.1 Å². The fourth-order valence-corrected chi connectivity index (χ4v) is 36.4. The molecule has 0 aliphatic heterocycles. The van der Waals surface area contributed by atoms with Gasteiger partial charge in [-0.1, -0.05) is 464 Å². The maximum absolute atomic E-state index is 10.4. The summed E-state index contributed by atoms with van der Waals surface area (Å²) < 4.78 is 10.4. The molecular formula is C120H214OSi2. The minimum Gasteiger partial charge on any atom is -0.446 e. The molecule has 0 N–H and O–H groups in total. The van der Waals surface area contributed by atoms with Gasteiger partial charge in [-0.25, -0.2) is 0 Å². The Labute approximate surface area is 775 Å². The molecular weight excluding hydrogens is 1510 g/mol. The Hall–Kier alpha value is -2.73. The van der Waals surface area contributed by atoms with Crippen molar-refractivity contribution in [2.75, 3.05) is 0 Å². The number of benzene rings is 4. The Morgan fingerprint density at radius 1 is 0.130 bits per heavy atom. The molecule has 0 amide bonds. The van der Waals surface area contributed by atoms with E-state index in [0.29, 0.717) is 0 Å². The van der Waals surface area contributed by atoms with Crippen molar-refractivity contribution in [2.24, 2.45) is 65.0 Å². The molecule has 0 bridgehead atoms. The third-order valence-corrected chi connectivity index (χ3v) is 32.9. The molecule has 0 aromatic heterocycles. The van der Waals surface area contributed by atoms with E-state index in [1.165, 1.54) is 87.5 Å². The van der Waals surface area contributed by atoms with Gasteiger partial charge in [-0.15, -0.1) is 0 Å². The van der Waals surface area contributed by atoms with E-state index < -0.39 is 18.1 Å². The molecule has 0 saturated carbocycles. The average molecular weight is 1730 g/mol. The lowest BCUT2D eigenvalue weighted by molar-refractivity contribution is 0.262. The summed E-state index contributed by atoms with van der Waals surface area (Å²) in [5, 5.41) is 6.06. The quantitative estimate of drug-likeness (QED) is 0.0473. The van der Waals surface area contributed by atoms with E-state index in [2.05, 4.69) is 464 Å². The first kappa shape index (κ1) is 113. The summed E-state index contributed by atoms with van der Waals surface area (Å²) in [6, 6.07) is 23.6. The summed E-state index contributed by atoms with van der Waals surface area (Å²) in [4.78, 5) is 0. The predicted octanol–water partition coefficient (Wildman–Crippen LogP) is 34.6. The van der Waals surface area contributed by atoms with Gasteiger partial charge in [0.25, 0.3) is 0 Å². The fraction of sp³-hybridized carbons (Fsp3) is 0.800. The van der Waals surface area contributed by atoms with E-state index >= 15 is 0 Å². The van der Waals surface area contributed by atoms with Crippen molar-refractivity contribution in [3.05, 3.63) is 115 Å². The van der Waals surface area contributed by atoms with Crippen LogP contribution >= 0.6 is 0 Å². The van der Waals surface area contributed by atoms with Crippen LogP contribution in [0.3, 0.4) is 0 Å². The van der Waals surface area contributed by atoms with Gasteiger partial charge in [0.2, 0.25) is 18.1 Å². The minimum absolute atomic E-state index is 0.00977. The van der Waals surface area contributed by atoms with Crippen LogP contribution in [-0.4, -0.2) is 18.1 Å². The summed E-state index contributed by atoms with van der Waals surface area (Å²) >= 11 is 0. The second-order valence-electron chi connectivity index (χ2n) is 64.3. The molecule has 708 valence electrons. The summed E-state index contributed by atoms with van der Waals surface area (Å²) in [7, 11) is -6.62. The predicted molar refractivity (Wildman–Crippen MR) is 565 cm³/mol. The molecule has 3 heteroatoms. The molecule has 0 spiro atoms. The SMILES string of the molecule is CC(C)(C)CC(C)(C)c1cc(C(C)(C)CC(C)(C)C)c(C(C)(C)CC(C)(C)C)cc1[SiH](O[SiH](c1cc(C(C)(C)CC(C)(C)C)c(C(C)(C)CC(C)(C)C)cc1C(C)(C)CC(C)(C)C)c1cc(C(C)(C)CC(C)(C)C)c(C(C)(C)CC(C)(C)C)cc1C(C)(C)CC(C)(C)C)c1cc(C(C)(C)CC(C)(C)C)c(C(C)(C)CC(C)(C)C)cc1C(C)(C)CC(C)(C)C. The number of rotatable bonds is 30. The van der Waals surface area contributed by atoms with Crippen LogP contribution < -0.4 is 20.7 Å². The third-order valence-electron chi connectivity index (χ3n) is 26.6. The summed E-state index contributed by atoms with van der Waals surface area (Å²) in [6.45, 7) is 154. The van der Waals surface area contributed by atoms with Gasteiger partial charge in [0, 0.05) is 0 Å². The van der Waals surface area contributed by atoms with Gasteiger partial charge in [0.05, 0.1) is 0 Å². The maximum Gasteiger partial charge on any atom is 0.229 e. The first-order valence-electron chi connectivity index (χ1n) is 49.7. The molecule has 0 unspecified atom stereocenters. The van der Waals surface area contributed by atoms with Gasteiger partial charge in [0.15, 0.2) is 0 Å². The van der Waals surface area contributed by atoms with E-state index in [1.54, 1.807) is 0 Å². The summed E-state index contributed by atoms with van der Waals surface area (Å²) in [6.07, 6.45) is 12.4. The molecule has 0 radical (unpaired) electrons. The normalized spacial score (nSPS) is 15.4. The Balaban J connectivity index is 3.24. The van der Waals surface area contributed by atoms with Crippen molar-refractivity contribution < 1.29 is 4.12 Å². The maximum atomic E-state index is 10.4. The van der Waals surface area contributed by atoms with Crippen molar-refractivity contribution >= 4 is 38.8 Å². The molecule has 0 heterocycles. The lowest BCUT2D eigenvalue weighted by atomic mass is 9.63. The van der Waals surface area contributed by atoms with Gasteiger partial charge in [-0.05, 0) is 295 Å². The smallest absolute Gasteiger partial charge is 0.229 e. The highest BCUT2D eigenvalue weighted by atomic mass is 28.4. The molecule has 4 aromatic carbocycles. The second-order valence-corrected chi connectivity index (χ2v) is 69.4. The van der Waals surface area contributed by atoms with Crippen LogP contribution in [0, 0.1) is 65.0 Å². The molecule has 4 rings (SSSR count). The fourth-order valence-electron chi connectivity index (χ4n) is 28.0. The van der Waals surface area contributed by atoms with Gasteiger partial charge < -0.3 is 4.12 Å². The Morgan fingerprint density at radius 3 is 0.301 bits per heavy atom. The van der Waals surface area contributed by atoms with Crippen LogP contribution in [0.2, 0.25) is 0 Å². The first-order chi connectivity index (χ1) is 53.3. The van der Waals surface area contributed by atoms with Crippen molar-refractivity contribution in [3.8, 4) is 0 Å². The highest BCUT2D eigenvalue weighted by Crippen LogP contribution is 2.55. The monoisotopic (exact) mass is 1730 g/mol. The summed E-state index contributed by atoms with van der Waals surface area (Å²) in [5.74, 6) is 0. The van der Waals surface area contributed by atoms with Crippen molar-refractivity contribution in [1.82, 2.24) is 0 Å². The molecule has 0 atom stereocenters. The molecule has 123 heavy (non-hydrogen) atoms. The molecule has 0 aliphatic carbocycles. The van der Waals surface area contributed by atoms with E-state index in [9.17, 15) is 4.12 Å². The van der Waals surface area contributed by atoms with Crippen molar-refractivity contribution in [2.45, 2.75) is 557 Å². The van der Waals surface area contributed by atoms with Crippen LogP contribution in [0.1, 0.15) is 559 Å². The number of hydrogen-bond donors (Lipinski definition) is 0. The van der Waals surface area contributed by atoms with E-state index in [1.807, 2.05) is 0 Å². The molecule has 0 fully saturated rings. The Morgan fingerprint density at radius 2 is 0.211 bits per heavy atom. The Kier molecular flexibility index (Phi) is 32.7.